The highest BCUT2D eigenvalue weighted by Gasteiger charge is 2.07. The molecule has 0 aromatic heterocycles. The molecule has 1 aliphatic rings. The number of nitrogens with one attached hydrogen (secondary N) is 1. The molecule has 1 aromatic carbocycles. The van der Waals surface area contributed by atoms with Crippen molar-refractivity contribution in [3.63, 3.8) is 0 Å². The minimum absolute atomic E-state index is 0.167. The van der Waals surface area contributed by atoms with Gasteiger partial charge < -0.3 is 5.32 Å². The van der Waals surface area contributed by atoms with Gasteiger partial charge in [-0.1, -0.05) is 12.5 Å². The molecule has 86 valence electrons. The van der Waals surface area contributed by atoms with Gasteiger partial charge in [-0.3, -0.25) is 4.99 Å². The van der Waals surface area contributed by atoms with Crippen LogP contribution in [0.2, 0.25) is 0 Å². The number of benzene rings is 1. The van der Waals surface area contributed by atoms with Gasteiger partial charge >= 0.3 is 0 Å². The summed E-state index contributed by atoms with van der Waals surface area (Å²) in [5, 5.41) is 3.24. The van der Waals surface area contributed by atoms with Crippen LogP contribution in [0.15, 0.2) is 23.2 Å². The summed E-state index contributed by atoms with van der Waals surface area (Å²) in [6, 6.07) is 5.10. The van der Waals surface area contributed by atoms with Gasteiger partial charge in [-0.2, -0.15) is 0 Å². The SMILES string of the molecule is Cc1c(F)cccc1NC1=NCCCCC1. The average molecular weight is 220 g/mol. The van der Waals surface area contributed by atoms with Crippen LogP contribution in [-0.4, -0.2) is 12.4 Å². The van der Waals surface area contributed by atoms with E-state index in [4.69, 9.17) is 0 Å². The maximum atomic E-state index is 13.3. The lowest BCUT2D eigenvalue weighted by Crippen LogP contribution is -2.12. The number of hydrogen-bond donors (Lipinski definition) is 1. The van der Waals surface area contributed by atoms with Crippen molar-refractivity contribution in [1.29, 1.82) is 0 Å². The molecule has 0 spiro atoms. The van der Waals surface area contributed by atoms with Crippen LogP contribution in [0.3, 0.4) is 0 Å². The molecule has 1 heterocycles. The van der Waals surface area contributed by atoms with Crippen LogP contribution >= 0.6 is 0 Å². The first-order valence-electron chi connectivity index (χ1n) is 5.83. The fraction of sp³-hybridized carbons (Fsp3) is 0.462. The second-order valence-electron chi connectivity index (χ2n) is 4.18. The van der Waals surface area contributed by atoms with Crippen molar-refractivity contribution in [3.8, 4) is 0 Å². The highest BCUT2D eigenvalue weighted by Crippen LogP contribution is 2.19. The van der Waals surface area contributed by atoms with E-state index in [9.17, 15) is 4.39 Å². The number of hydrogen-bond acceptors (Lipinski definition) is 2. The lowest BCUT2D eigenvalue weighted by atomic mass is 10.1. The first kappa shape index (κ1) is 11.1. The Kier molecular flexibility index (Phi) is 3.54. The molecular weight excluding hydrogens is 203 g/mol. The fourth-order valence-corrected chi connectivity index (χ4v) is 1.87. The molecule has 0 bridgehead atoms. The minimum Gasteiger partial charge on any atom is -0.344 e. The second-order valence-corrected chi connectivity index (χ2v) is 4.18. The lowest BCUT2D eigenvalue weighted by molar-refractivity contribution is 0.619. The summed E-state index contributed by atoms with van der Waals surface area (Å²) < 4.78 is 13.3. The molecule has 2 nitrogen and oxygen atoms in total. The minimum atomic E-state index is -0.167. The van der Waals surface area contributed by atoms with Crippen LogP contribution in [0.1, 0.15) is 31.2 Å². The molecule has 0 aliphatic carbocycles. The van der Waals surface area contributed by atoms with Gasteiger partial charge in [0.25, 0.3) is 0 Å². The normalized spacial score (nSPS) is 16.5. The Labute approximate surface area is 95.6 Å². The molecule has 0 fully saturated rings. The van der Waals surface area contributed by atoms with Gasteiger partial charge in [-0.15, -0.1) is 0 Å². The predicted octanol–water partition coefficient (Wildman–Crippen LogP) is 3.52. The summed E-state index contributed by atoms with van der Waals surface area (Å²) in [5.74, 6) is 0.824. The molecule has 1 N–H and O–H groups in total. The highest BCUT2D eigenvalue weighted by atomic mass is 19.1. The van der Waals surface area contributed by atoms with Crippen molar-refractivity contribution in [2.45, 2.75) is 32.6 Å². The Hall–Kier alpha value is -1.38. The summed E-state index contributed by atoms with van der Waals surface area (Å²) in [5.41, 5.74) is 1.50. The van der Waals surface area contributed by atoms with Crippen LogP contribution in [0.25, 0.3) is 0 Å². The van der Waals surface area contributed by atoms with E-state index in [0.29, 0.717) is 5.56 Å². The third-order valence-electron chi connectivity index (χ3n) is 2.92. The average Bonchev–Trinajstić information content (AvgIpc) is 2.53. The summed E-state index contributed by atoms with van der Waals surface area (Å²) in [7, 11) is 0. The number of rotatable bonds is 1. The molecule has 2 rings (SSSR count). The van der Waals surface area contributed by atoms with E-state index in [1.54, 1.807) is 13.0 Å². The summed E-state index contributed by atoms with van der Waals surface area (Å²) in [6.45, 7) is 2.67. The number of halogens is 1. The summed E-state index contributed by atoms with van der Waals surface area (Å²) in [4.78, 5) is 4.47. The molecule has 0 atom stereocenters. The molecule has 3 heteroatoms. The van der Waals surface area contributed by atoms with Gasteiger partial charge in [0.05, 0.1) is 0 Å². The Bertz CT molecular complexity index is 399. The molecule has 1 aromatic rings. The number of aliphatic imine (C=N–C) groups is 1. The standard InChI is InChI=1S/C13H17FN2/c1-10-11(14)6-5-7-12(10)16-13-8-3-2-4-9-15-13/h5-7H,2-4,8-9H2,1H3,(H,15,16). The van der Waals surface area contributed by atoms with E-state index in [0.717, 1.165) is 30.9 Å². The summed E-state index contributed by atoms with van der Waals surface area (Å²) >= 11 is 0. The quantitative estimate of drug-likeness (QED) is 0.769. The lowest BCUT2D eigenvalue weighted by Gasteiger charge is -2.11. The maximum absolute atomic E-state index is 13.3. The number of nitrogens with zero attached hydrogens (tertiary/aromatic N) is 1. The van der Waals surface area contributed by atoms with Crippen molar-refractivity contribution in [3.05, 3.63) is 29.6 Å². The third kappa shape index (κ3) is 2.60. The molecule has 16 heavy (non-hydrogen) atoms. The highest BCUT2D eigenvalue weighted by molar-refractivity contribution is 5.96. The molecular formula is C13H17FN2. The maximum Gasteiger partial charge on any atom is 0.128 e. The van der Waals surface area contributed by atoms with Gasteiger partial charge in [0.15, 0.2) is 0 Å². The third-order valence-corrected chi connectivity index (χ3v) is 2.92. The molecule has 0 saturated heterocycles. The number of anilines is 1. The largest absolute Gasteiger partial charge is 0.344 e. The Morgan fingerprint density at radius 3 is 3.00 bits per heavy atom. The van der Waals surface area contributed by atoms with Crippen molar-refractivity contribution < 1.29 is 4.39 Å². The van der Waals surface area contributed by atoms with Gasteiger partial charge in [0.2, 0.25) is 0 Å². The van der Waals surface area contributed by atoms with Crippen molar-refractivity contribution >= 4 is 11.5 Å². The second kappa shape index (κ2) is 5.10. The van der Waals surface area contributed by atoms with Gasteiger partial charge in [-0.05, 0) is 31.9 Å². The summed E-state index contributed by atoms with van der Waals surface area (Å²) in [6.07, 6.45) is 4.53. The van der Waals surface area contributed by atoms with Crippen LogP contribution in [0, 0.1) is 12.7 Å². The van der Waals surface area contributed by atoms with Crippen LogP contribution in [0.4, 0.5) is 10.1 Å². The van der Waals surface area contributed by atoms with Gasteiger partial charge in [-0.25, -0.2) is 4.39 Å². The molecule has 0 unspecified atom stereocenters. The van der Waals surface area contributed by atoms with Crippen molar-refractivity contribution in [2.24, 2.45) is 4.99 Å². The number of amidine groups is 1. The molecule has 0 radical (unpaired) electrons. The first-order chi connectivity index (χ1) is 7.77. The monoisotopic (exact) mass is 220 g/mol. The van der Waals surface area contributed by atoms with Crippen LogP contribution in [-0.2, 0) is 0 Å². The van der Waals surface area contributed by atoms with Crippen LogP contribution < -0.4 is 5.32 Å². The van der Waals surface area contributed by atoms with E-state index in [-0.39, 0.29) is 5.82 Å². The topological polar surface area (TPSA) is 24.4 Å². The zero-order valence-electron chi connectivity index (χ0n) is 9.59. The van der Waals surface area contributed by atoms with Gasteiger partial charge in [0.1, 0.15) is 11.7 Å². The predicted molar refractivity (Wildman–Crippen MR) is 65.5 cm³/mol. The Morgan fingerprint density at radius 2 is 2.12 bits per heavy atom. The van der Waals surface area contributed by atoms with Crippen molar-refractivity contribution in [1.82, 2.24) is 0 Å². The molecule has 0 saturated carbocycles. The van der Waals surface area contributed by atoms with E-state index >= 15 is 0 Å². The Balaban J connectivity index is 2.13. The van der Waals surface area contributed by atoms with Crippen LogP contribution in [0.5, 0.6) is 0 Å². The fourth-order valence-electron chi connectivity index (χ4n) is 1.87. The van der Waals surface area contributed by atoms with E-state index in [2.05, 4.69) is 10.3 Å². The first-order valence-corrected chi connectivity index (χ1v) is 5.83. The van der Waals surface area contributed by atoms with Crippen molar-refractivity contribution in [2.75, 3.05) is 11.9 Å². The Morgan fingerprint density at radius 1 is 1.25 bits per heavy atom. The molecule has 1 aliphatic heterocycles. The van der Waals surface area contributed by atoms with E-state index < -0.39 is 0 Å². The van der Waals surface area contributed by atoms with E-state index in [1.165, 1.54) is 18.9 Å². The zero-order chi connectivity index (χ0) is 11.4. The van der Waals surface area contributed by atoms with Gasteiger partial charge in [0, 0.05) is 24.2 Å². The molecule has 0 amide bonds. The van der Waals surface area contributed by atoms with E-state index in [1.807, 2.05) is 6.07 Å². The zero-order valence-corrected chi connectivity index (χ0v) is 9.59. The smallest absolute Gasteiger partial charge is 0.128 e.